The molecule has 47 heavy (non-hydrogen) atoms. The molecule has 0 atom stereocenters. The Labute approximate surface area is 272 Å². The van der Waals surface area contributed by atoms with Gasteiger partial charge in [-0.1, -0.05) is 97.1 Å². The minimum atomic E-state index is 0.939. The van der Waals surface area contributed by atoms with Crippen LogP contribution in [-0.2, 0) is 7.05 Å². The van der Waals surface area contributed by atoms with Crippen LogP contribution in [0.4, 0.5) is 0 Å². The number of rotatable bonds is 5. The van der Waals surface area contributed by atoms with Crippen LogP contribution in [0.25, 0.3) is 83.4 Å². The number of pyridine rings is 1. The van der Waals surface area contributed by atoms with Gasteiger partial charge in [-0.15, -0.1) is 0 Å². The van der Waals surface area contributed by atoms with Crippen molar-refractivity contribution in [1.82, 2.24) is 19.1 Å². The molecular weight excluding hydrogens is 573 g/mol. The van der Waals surface area contributed by atoms with Gasteiger partial charge in [0.15, 0.2) is 0 Å². The third-order valence-electron chi connectivity index (χ3n) is 9.17. The summed E-state index contributed by atoms with van der Waals surface area (Å²) >= 11 is 0. The van der Waals surface area contributed by atoms with Gasteiger partial charge in [0, 0.05) is 40.8 Å². The van der Waals surface area contributed by atoms with Crippen molar-refractivity contribution in [3.63, 3.8) is 0 Å². The van der Waals surface area contributed by atoms with Crippen LogP contribution in [0.2, 0.25) is 0 Å². The molecular formula is C43H30N4. The smallest absolute Gasteiger partial charge is 0.140 e. The first-order chi connectivity index (χ1) is 23.2. The van der Waals surface area contributed by atoms with E-state index in [0.29, 0.717) is 0 Å². The van der Waals surface area contributed by atoms with Gasteiger partial charge in [0.2, 0.25) is 0 Å². The number of para-hydroxylation sites is 2. The van der Waals surface area contributed by atoms with Crippen molar-refractivity contribution in [2.75, 3.05) is 0 Å². The number of hydrogen-bond acceptors (Lipinski definition) is 2. The SMILES string of the molecule is Cn1c(-c2cc(-c3ccccc3)c3c4cc(-c5ccccc5)ccc4n(-c4cccc(-c5ccccn5)c4)c3c2)nc2ccccc21. The van der Waals surface area contributed by atoms with Crippen molar-refractivity contribution >= 4 is 32.8 Å². The molecule has 3 aromatic heterocycles. The maximum atomic E-state index is 5.13. The van der Waals surface area contributed by atoms with Crippen LogP contribution in [-0.4, -0.2) is 19.1 Å². The van der Waals surface area contributed by atoms with Crippen molar-refractivity contribution in [3.8, 4) is 50.6 Å². The molecule has 0 radical (unpaired) electrons. The summed E-state index contributed by atoms with van der Waals surface area (Å²) in [5.41, 5.74) is 13.3. The van der Waals surface area contributed by atoms with E-state index in [2.05, 4.69) is 167 Å². The van der Waals surface area contributed by atoms with Crippen LogP contribution in [0.15, 0.2) is 164 Å². The van der Waals surface area contributed by atoms with E-state index in [9.17, 15) is 0 Å². The molecule has 6 aromatic carbocycles. The van der Waals surface area contributed by atoms with Crippen molar-refractivity contribution in [1.29, 1.82) is 0 Å². The standard InChI is InChI=1S/C43H30N4/c1-46-40-21-9-8-20-38(40)45-43(46)33-27-35(30-15-6-3-7-16-30)42-36-26-31(29-13-4-2-5-14-29)22-23-39(36)47(41(42)28-33)34-18-12-17-32(25-34)37-19-10-11-24-44-37/h2-28H,1H3. The predicted molar refractivity (Wildman–Crippen MR) is 195 cm³/mol. The molecule has 4 nitrogen and oxygen atoms in total. The number of aryl methyl sites for hydroxylation is 1. The number of imidazole rings is 1. The molecule has 0 spiro atoms. The molecule has 9 rings (SSSR count). The van der Waals surface area contributed by atoms with Gasteiger partial charge in [-0.05, 0) is 82.9 Å². The fourth-order valence-electron chi connectivity index (χ4n) is 6.95. The third kappa shape index (κ3) is 4.53. The fourth-order valence-corrected chi connectivity index (χ4v) is 6.95. The van der Waals surface area contributed by atoms with Crippen LogP contribution in [0.1, 0.15) is 0 Å². The van der Waals surface area contributed by atoms with Crippen molar-refractivity contribution < 1.29 is 0 Å². The van der Waals surface area contributed by atoms with E-state index in [1.807, 2.05) is 18.3 Å². The Morgan fingerprint density at radius 3 is 2.02 bits per heavy atom. The highest BCUT2D eigenvalue weighted by Gasteiger charge is 2.21. The summed E-state index contributed by atoms with van der Waals surface area (Å²) in [5.74, 6) is 0.939. The molecule has 9 aromatic rings. The maximum Gasteiger partial charge on any atom is 0.140 e. The van der Waals surface area contributed by atoms with Crippen molar-refractivity contribution in [3.05, 3.63) is 164 Å². The monoisotopic (exact) mass is 602 g/mol. The van der Waals surface area contributed by atoms with Crippen LogP contribution >= 0.6 is 0 Å². The molecule has 0 bridgehead atoms. The fraction of sp³-hybridized carbons (Fsp3) is 0.0233. The average Bonchev–Trinajstić information content (AvgIpc) is 3.66. The van der Waals surface area contributed by atoms with Crippen molar-refractivity contribution in [2.45, 2.75) is 0 Å². The highest BCUT2D eigenvalue weighted by molar-refractivity contribution is 6.17. The molecule has 222 valence electrons. The zero-order valence-corrected chi connectivity index (χ0v) is 25.9. The predicted octanol–water partition coefficient (Wildman–Crippen LogP) is 10.7. The second kappa shape index (κ2) is 11.0. The molecule has 0 amide bonds. The zero-order valence-electron chi connectivity index (χ0n) is 25.9. The Morgan fingerprint density at radius 2 is 1.23 bits per heavy atom. The zero-order chi connectivity index (χ0) is 31.3. The summed E-state index contributed by atoms with van der Waals surface area (Å²) in [6.07, 6.45) is 1.85. The Morgan fingerprint density at radius 1 is 0.489 bits per heavy atom. The summed E-state index contributed by atoms with van der Waals surface area (Å²) in [4.78, 5) is 9.79. The Kier molecular flexibility index (Phi) is 6.32. The first kappa shape index (κ1) is 27.1. The van der Waals surface area contributed by atoms with Gasteiger partial charge in [-0.25, -0.2) is 4.98 Å². The lowest BCUT2D eigenvalue weighted by molar-refractivity contribution is 0.959. The van der Waals surface area contributed by atoms with E-state index in [1.54, 1.807) is 0 Å². The summed E-state index contributed by atoms with van der Waals surface area (Å²) in [5, 5.41) is 2.43. The van der Waals surface area contributed by atoms with Crippen molar-refractivity contribution in [2.24, 2.45) is 7.05 Å². The molecule has 4 heteroatoms. The van der Waals surface area contributed by atoms with Gasteiger partial charge in [0.05, 0.1) is 27.8 Å². The number of aromatic nitrogens is 4. The molecule has 0 aliphatic heterocycles. The van der Waals surface area contributed by atoms with E-state index in [0.717, 1.165) is 50.4 Å². The highest BCUT2D eigenvalue weighted by atomic mass is 15.1. The van der Waals surface area contributed by atoms with E-state index in [4.69, 9.17) is 4.98 Å². The van der Waals surface area contributed by atoms with E-state index in [-0.39, 0.29) is 0 Å². The second-order valence-electron chi connectivity index (χ2n) is 12.0. The minimum Gasteiger partial charge on any atom is -0.327 e. The normalized spacial score (nSPS) is 11.5. The number of benzene rings is 6. The largest absolute Gasteiger partial charge is 0.327 e. The Hall–Kier alpha value is -6.26. The number of hydrogen-bond donors (Lipinski definition) is 0. The summed E-state index contributed by atoms with van der Waals surface area (Å²) < 4.78 is 4.61. The maximum absolute atomic E-state index is 5.13. The third-order valence-corrected chi connectivity index (χ3v) is 9.17. The van der Waals surface area contributed by atoms with Gasteiger partial charge in [-0.3, -0.25) is 4.98 Å². The summed E-state index contributed by atoms with van der Waals surface area (Å²) in [7, 11) is 2.11. The molecule has 0 fully saturated rings. The second-order valence-corrected chi connectivity index (χ2v) is 12.0. The van der Waals surface area contributed by atoms with Gasteiger partial charge in [0.1, 0.15) is 5.82 Å². The average molecular weight is 603 g/mol. The highest BCUT2D eigenvalue weighted by Crippen LogP contribution is 2.43. The number of nitrogens with zero attached hydrogens (tertiary/aromatic N) is 4. The quantitative estimate of drug-likeness (QED) is 0.196. The molecule has 3 heterocycles. The lowest BCUT2D eigenvalue weighted by Gasteiger charge is -2.13. The van der Waals surface area contributed by atoms with E-state index >= 15 is 0 Å². The lowest BCUT2D eigenvalue weighted by atomic mass is 9.95. The van der Waals surface area contributed by atoms with E-state index in [1.165, 1.54) is 33.0 Å². The van der Waals surface area contributed by atoms with Crippen LogP contribution in [0.3, 0.4) is 0 Å². The molecule has 0 aliphatic rings. The Balaban J connectivity index is 1.41. The van der Waals surface area contributed by atoms with Crippen LogP contribution in [0, 0.1) is 0 Å². The molecule has 0 saturated heterocycles. The Bertz CT molecular complexity index is 2560. The van der Waals surface area contributed by atoms with Gasteiger partial charge in [-0.2, -0.15) is 0 Å². The molecule has 0 unspecified atom stereocenters. The number of fused-ring (bicyclic) bond motifs is 4. The topological polar surface area (TPSA) is 35.6 Å². The first-order valence-electron chi connectivity index (χ1n) is 15.9. The molecule has 0 aliphatic carbocycles. The van der Waals surface area contributed by atoms with Crippen LogP contribution < -0.4 is 0 Å². The summed E-state index contributed by atoms with van der Waals surface area (Å²) in [6, 6.07) is 56.0. The van der Waals surface area contributed by atoms with Crippen LogP contribution in [0.5, 0.6) is 0 Å². The van der Waals surface area contributed by atoms with Gasteiger partial charge < -0.3 is 9.13 Å². The summed E-state index contributed by atoms with van der Waals surface area (Å²) in [6.45, 7) is 0. The molecule has 0 saturated carbocycles. The first-order valence-corrected chi connectivity index (χ1v) is 15.9. The molecule has 0 N–H and O–H groups in total. The van der Waals surface area contributed by atoms with E-state index < -0.39 is 0 Å². The van der Waals surface area contributed by atoms with Gasteiger partial charge in [0.25, 0.3) is 0 Å². The lowest BCUT2D eigenvalue weighted by Crippen LogP contribution is -1.97. The van der Waals surface area contributed by atoms with Gasteiger partial charge >= 0.3 is 0 Å². The minimum absolute atomic E-state index is 0.939.